The molecule has 3 atom stereocenters. The highest BCUT2D eigenvalue weighted by Gasteiger charge is 2.29. The summed E-state index contributed by atoms with van der Waals surface area (Å²) >= 11 is 7.61. The lowest BCUT2D eigenvalue weighted by Crippen LogP contribution is -2.34. The SMILES string of the molecule is Cl.NC1CCC(C(=O)NC(c2ccc(Cl)cc2)c2cccs2)C1. The zero-order valence-electron chi connectivity index (χ0n) is 12.6. The molecule has 3 unspecified atom stereocenters. The van der Waals surface area contributed by atoms with Crippen LogP contribution in [0, 0.1) is 5.92 Å². The number of halogens is 2. The monoisotopic (exact) mass is 370 g/mol. The minimum absolute atomic E-state index is 0. The maximum Gasteiger partial charge on any atom is 0.223 e. The first-order valence-electron chi connectivity index (χ1n) is 7.48. The number of nitrogens with two attached hydrogens (primary N) is 1. The fourth-order valence-electron chi connectivity index (χ4n) is 2.94. The van der Waals surface area contributed by atoms with Crippen LogP contribution in [-0.4, -0.2) is 11.9 Å². The lowest BCUT2D eigenvalue weighted by molar-refractivity contribution is -0.125. The lowest BCUT2D eigenvalue weighted by Gasteiger charge is -2.20. The Labute approximate surface area is 151 Å². The highest BCUT2D eigenvalue weighted by Crippen LogP contribution is 2.30. The fourth-order valence-corrected chi connectivity index (χ4v) is 3.87. The van der Waals surface area contributed by atoms with Gasteiger partial charge in [0.15, 0.2) is 0 Å². The number of carbonyl (C=O) groups excluding carboxylic acids is 1. The van der Waals surface area contributed by atoms with Gasteiger partial charge in [-0.1, -0.05) is 29.8 Å². The molecule has 1 fully saturated rings. The van der Waals surface area contributed by atoms with Crippen molar-refractivity contribution >= 4 is 41.3 Å². The van der Waals surface area contributed by atoms with Crippen LogP contribution in [-0.2, 0) is 4.79 Å². The van der Waals surface area contributed by atoms with Gasteiger partial charge in [-0.25, -0.2) is 0 Å². The zero-order valence-corrected chi connectivity index (χ0v) is 15.0. The van der Waals surface area contributed by atoms with E-state index < -0.39 is 0 Å². The molecule has 1 aromatic carbocycles. The highest BCUT2D eigenvalue weighted by atomic mass is 35.5. The van der Waals surface area contributed by atoms with Gasteiger partial charge in [0.2, 0.25) is 5.91 Å². The molecule has 2 aromatic rings. The third-order valence-electron chi connectivity index (χ3n) is 4.16. The number of hydrogen-bond donors (Lipinski definition) is 2. The van der Waals surface area contributed by atoms with Crippen molar-refractivity contribution in [3.05, 3.63) is 57.2 Å². The standard InChI is InChI=1S/C17H19ClN2OS.ClH/c18-13-6-3-11(4-7-13)16(15-2-1-9-22-15)20-17(21)12-5-8-14(19)10-12;/h1-4,6-7,9,12,14,16H,5,8,10,19H2,(H,20,21);1H. The van der Waals surface area contributed by atoms with Crippen molar-refractivity contribution in [3.8, 4) is 0 Å². The number of carbonyl (C=O) groups is 1. The Morgan fingerprint density at radius 2 is 2.00 bits per heavy atom. The third kappa shape index (κ3) is 4.48. The van der Waals surface area contributed by atoms with Gasteiger partial charge in [-0.05, 0) is 48.4 Å². The van der Waals surface area contributed by atoms with E-state index in [1.54, 1.807) is 11.3 Å². The van der Waals surface area contributed by atoms with Gasteiger partial charge >= 0.3 is 0 Å². The van der Waals surface area contributed by atoms with E-state index in [9.17, 15) is 4.79 Å². The van der Waals surface area contributed by atoms with Crippen LogP contribution < -0.4 is 11.1 Å². The Balaban J connectivity index is 0.00000192. The Hall–Kier alpha value is -1.07. The maximum absolute atomic E-state index is 12.5. The number of hydrogen-bond acceptors (Lipinski definition) is 3. The van der Waals surface area contributed by atoms with Crippen molar-refractivity contribution in [3.63, 3.8) is 0 Å². The molecule has 3 N–H and O–H groups in total. The second-order valence-electron chi connectivity index (χ2n) is 5.78. The molecule has 6 heteroatoms. The minimum Gasteiger partial charge on any atom is -0.344 e. The van der Waals surface area contributed by atoms with E-state index in [-0.39, 0.29) is 36.3 Å². The van der Waals surface area contributed by atoms with E-state index in [2.05, 4.69) is 5.32 Å². The first-order valence-corrected chi connectivity index (χ1v) is 8.74. The highest BCUT2D eigenvalue weighted by molar-refractivity contribution is 7.10. The van der Waals surface area contributed by atoms with Gasteiger partial charge in [0, 0.05) is 21.9 Å². The first kappa shape index (κ1) is 18.3. The summed E-state index contributed by atoms with van der Waals surface area (Å²) in [6.07, 6.45) is 2.59. The molecule has 1 heterocycles. The van der Waals surface area contributed by atoms with Crippen molar-refractivity contribution in [2.45, 2.75) is 31.3 Å². The van der Waals surface area contributed by atoms with Crippen LogP contribution in [0.3, 0.4) is 0 Å². The van der Waals surface area contributed by atoms with Crippen LogP contribution in [0.1, 0.15) is 35.7 Å². The van der Waals surface area contributed by atoms with Crippen molar-refractivity contribution in [2.75, 3.05) is 0 Å². The van der Waals surface area contributed by atoms with Gasteiger partial charge in [0.25, 0.3) is 0 Å². The second-order valence-corrected chi connectivity index (χ2v) is 7.19. The average Bonchev–Trinajstić information content (AvgIpc) is 3.17. The van der Waals surface area contributed by atoms with Crippen LogP contribution in [0.4, 0.5) is 0 Å². The normalized spacial score (nSPS) is 21.5. The van der Waals surface area contributed by atoms with Crippen LogP contribution in [0.2, 0.25) is 5.02 Å². The number of rotatable bonds is 4. The molecule has 3 nitrogen and oxygen atoms in total. The summed E-state index contributed by atoms with van der Waals surface area (Å²) in [5.41, 5.74) is 6.97. The van der Waals surface area contributed by atoms with Crippen LogP contribution in [0.5, 0.6) is 0 Å². The average molecular weight is 371 g/mol. The molecule has 0 spiro atoms. The summed E-state index contributed by atoms with van der Waals surface area (Å²) < 4.78 is 0. The molecular formula is C17H20Cl2N2OS. The van der Waals surface area contributed by atoms with E-state index in [1.165, 1.54) is 0 Å². The number of benzene rings is 1. The topological polar surface area (TPSA) is 55.1 Å². The Bertz CT molecular complexity index is 631. The Morgan fingerprint density at radius 3 is 2.57 bits per heavy atom. The minimum atomic E-state index is -0.124. The van der Waals surface area contributed by atoms with Gasteiger partial charge < -0.3 is 11.1 Å². The van der Waals surface area contributed by atoms with Gasteiger partial charge in [0.05, 0.1) is 6.04 Å². The molecule has 0 aliphatic heterocycles. The maximum atomic E-state index is 12.5. The quantitative estimate of drug-likeness (QED) is 0.848. The smallest absolute Gasteiger partial charge is 0.223 e. The molecule has 1 aromatic heterocycles. The van der Waals surface area contributed by atoms with E-state index in [1.807, 2.05) is 41.8 Å². The van der Waals surface area contributed by atoms with Crippen molar-refractivity contribution in [1.29, 1.82) is 0 Å². The molecule has 0 radical (unpaired) electrons. The number of nitrogens with one attached hydrogen (secondary N) is 1. The predicted molar refractivity (Wildman–Crippen MR) is 98.3 cm³/mol. The summed E-state index contributed by atoms with van der Waals surface area (Å²) in [7, 11) is 0. The van der Waals surface area contributed by atoms with E-state index in [0.29, 0.717) is 5.02 Å². The number of amides is 1. The molecule has 0 bridgehead atoms. The van der Waals surface area contributed by atoms with Gasteiger partial charge in [-0.2, -0.15) is 0 Å². The predicted octanol–water partition coefficient (Wildman–Crippen LogP) is 4.16. The summed E-state index contributed by atoms with van der Waals surface area (Å²) in [6.45, 7) is 0. The number of thiophene rings is 1. The third-order valence-corrected chi connectivity index (χ3v) is 5.35. The van der Waals surface area contributed by atoms with Gasteiger partial charge in [-0.3, -0.25) is 4.79 Å². The molecule has 1 saturated carbocycles. The molecular weight excluding hydrogens is 351 g/mol. The molecule has 1 aliphatic carbocycles. The Kier molecular flexibility index (Phi) is 6.48. The molecule has 1 aliphatic rings. The van der Waals surface area contributed by atoms with Crippen molar-refractivity contribution in [2.24, 2.45) is 11.7 Å². The summed E-state index contributed by atoms with van der Waals surface area (Å²) in [6, 6.07) is 11.7. The first-order chi connectivity index (χ1) is 10.6. The van der Waals surface area contributed by atoms with E-state index >= 15 is 0 Å². The largest absolute Gasteiger partial charge is 0.344 e. The van der Waals surface area contributed by atoms with Crippen LogP contribution in [0.25, 0.3) is 0 Å². The molecule has 23 heavy (non-hydrogen) atoms. The summed E-state index contributed by atoms with van der Waals surface area (Å²) in [4.78, 5) is 13.7. The second kappa shape index (κ2) is 8.15. The summed E-state index contributed by atoms with van der Waals surface area (Å²) in [5.74, 6) is 0.131. The van der Waals surface area contributed by atoms with E-state index in [0.717, 1.165) is 29.7 Å². The van der Waals surface area contributed by atoms with Crippen LogP contribution in [0.15, 0.2) is 41.8 Å². The zero-order chi connectivity index (χ0) is 15.5. The summed E-state index contributed by atoms with van der Waals surface area (Å²) in [5, 5.41) is 5.91. The van der Waals surface area contributed by atoms with E-state index in [4.69, 9.17) is 17.3 Å². The van der Waals surface area contributed by atoms with Gasteiger partial charge in [-0.15, -0.1) is 23.7 Å². The molecule has 3 rings (SSSR count). The van der Waals surface area contributed by atoms with Gasteiger partial charge in [0.1, 0.15) is 0 Å². The lowest BCUT2D eigenvalue weighted by atomic mass is 10.0. The van der Waals surface area contributed by atoms with Crippen LogP contribution >= 0.6 is 35.3 Å². The molecule has 124 valence electrons. The Morgan fingerprint density at radius 1 is 1.26 bits per heavy atom. The van der Waals surface area contributed by atoms with Crippen molar-refractivity contribution in [1.82, 2.24) is 5.32 Å². The molecule has 0 saturated heterocycles. The fraction of sp³-hybridized carbons (Fsp3) is 0.353. The van der Waals surface area contributed by atoms with Crippen molar-refractivity contribution < 1.29 is 4.79 Å². The molecule has 1 amide bonds.